The molecule has 0 bridgehead atoms. The molecule has 0 aromatic heterocycles. The summed E-state index contributed by atoms with van der Waals surface area (Å²) < 4.78 is 0. The summed E-state index contributed by atoms with van der Waals surface area (Å²) in [7, 11) is 0. The summed E-state index contributed by atoms with van der Waals surface area (Å²) in [5.41, 5.74) is 1.31. The van der Waals surface area contributed by atoms with Crippen molar-refractivity contribution < 1.29 is 0 Å². The maximum atomic E-state index is 4.45. The molecule has 0 radical (unpaired) electrons. The van der Waals surface area contributed by atoms with Crippen molar-refractivity contribution >= 4 is 5.71 Å². The minimum absolute atomic E-state index is 0.494. The Bertz CT molecular complexity index is 118. The third kappa shape index (κ3) is 1.79. The third-order valence-electron chi connectivity index (χ3n) is 1.58. The Morgan fingerprint density at radius 1 is 1.78 bits per heavy atom. The van der Waals surface area contributed by atoms with E-state index in [-0.39, 0.29) is 0 Å². The van der Waals surface area contributed by atoms with Crippen LogP contribution in [0.2, 0.25) is 0 Å². The first-order chi connectivity index (χ1) is 4.33. The fourth-order valence-corrected chi connectivity index (χ4v) is 1.04. The standard InChI is InChI=1S/C7H14N2/c1-3-7-5-8-4-6(2)9-7/h6,8H,3-5H2,1-2H3. The molecule has 0 spiro atoms. The maximum Gasteiger partial charge on any atom is 0.0595 e. The Balaban J connectivity index is 2.49. The monoisotopic (exact) mass is 126 g/mol. The van der Waals surface area contributed by atoms with Crippen molar-refractivity contribution in [3.63, 3.8) is 0 Å². The minimum Gasteiger partial charge on any atom is -0.309 e. The lowest BCUT2D eigenvalue weighted by Crippen LogP contribution is -2.34. The Morgan fingerprint density at radius 3 is 3.00 bits per heavy atom. The molecule has 0 saturated carbocycles. The normalized spacial score (nSPS) is 27.8. The number of hydrogen-bond acceptors (Lipinski definition) is 2. The van der Waals surface area contributed by atoms with Crippen LogP contribution < -0.4 is 5.32 Å². The molecule has 2 heteroatoms. The van der Waals surface area contributed by atoms with Gasteiger partial charge >= 0.3 is 0 Å². The van der Waals surface area contributed by atoms with Crippen LogP contribution in [0, 0.1) is 0 Å². The molecule has 0 aliphatic carbocycles. The zero-order chi connectivity index (χ0) is 6.69. The van der Waals surface area contributed by atoms with Gasteiger partial charge in [0, 0.05) is 18.8 Å². The van der Waals surface area contributed by atoms with Crippen LogP contribution in [0.3, 0.4) is 0 Å². The van der Waals surface area contributed by atoms with E-state index in [0.717, 1.165) is 19.5 Å². The topological polar surface area (TPSA) is 24.4 Å². The second kappa shape index (κ2) is 2.97. The van der Waals surface area contributed by atoms with Gasteiger partial charge in [0.2, 0.25) is 0 Å². The van der Waals surface area contributed by atoms with E-state index in [1.54, 1.807) is 0 Å². The first-order valence-electron chi connectivity index (χ1n) is 3.59. The highest BCUT2D eigenvalue weighted by molar-refractivity contribution is 5.86. The van der Waals surface area contributed by atoms with Crippen molar-refractivity contribution in [2.45, 2.75) is 26.3 Å². The molecule has 0 fully saturated rings. The highest BCUT2D eigenvalue weighted by Crippen LogP contribution is 1.96. The second-order valence-electron chi connectivity index (χ2n) is 2.53. The SMILES string of the molecule is CCC1=NC(C)CNC1. The first kappa shape index (κ1) is 6.75. The van der Waals surface area contributed by atoms with Crippen LogP contribution in [0.25, 0.3) is 0 Å². The minimum atomic E-state index is 0.494. The molecule has 0 saturated heterocycles. The number of nitrogens with zero attached hydrogens (tertiary/aromatic N) is 1. The molecule has 1 atom stereocenters. The summed E-state index contributed by atoms with van der Waals surface area (Å²) in [6, 6.07) is 0.494. The van der Waals surface area contributed by atoms with Gasteiger partial charge in [-0.3, -0.25) is 4.99 Å². The van der Waals surface area contributed by atoms with Crippen molar-refractivity contribution in [3.05, 3.63) is 0 Å². The zero-order valence-corrected chi connectivity index (χ0v) is 6.15. The third-order valence-corrected chi connectivity index (χ3v) is 1.58. The summed E-state index contributed by atoms with van der Waals surface area (Å²) in [5.74, 6) is 0. The van der Waals surface area contributed by atoms with E-state index in [1.165, 1.54) is 5.71 Å². The van der Waals surface area contributed by atoms with Crippen LogP contribution in [0.15, 0.2) is 4.99 Å². The average molecular weight is 126 g/mol. The van der Waals surface area contributed by atoms with Crippen LogP contribution >= 0.6 is 0 Å². The largest absolute Gasteiger partial charge is 0.309 e. The van der Waals surface area contributed by atoms with E-state index in [2.05, 4.69) is 24.2 Å². The number of nitrogens with one attached hydrogen (secondary N) is 1. The molecule has 1 heterocycles. The highest BCUT2D eigenvalue weighted by atomic mass is 15.0. The predicted octanol–water partition coefficient (Wildman–Crippen LogP) is 0.829. The van der Waals surface area contributed by atoms with E-state index in [0.29, 0.717) is 6.04 Å². The molecule has 0 aromatic rings. The maximum absolute atomic E-state index is 4.45. The quantitative estimate of drug-likeness (QED) is 0.553. The van der Waals surface area contributed by atoms with Gasteiger partial charge in [-0.05, 0) is 13.3 Å². The molecule has 1 unspecified atom stereocenters. The molecule has 2 nitrogen and oxygen atoms in total. The number of aliphatic imine (C=N–C) groups is 1. The zero-order valence-electron chi connectivity index (χ0n) is 6.15. The fourth-order valence-electron chi connectivity index (χ4n) is 1.04. The van der Waals surface area contributed by atoms with E-state index in [9.17, 15) is 0 Å². The molecular weight excluding hydrogens is 112 g/mol. The van der Waals surface area contributed by atoms with Gasteiger partial charge in [0.15, 0.2) is 0 Å². The summed E-state index contributed by atoms with van der Waals surface area (Å²) in [4.78, 5) is 4.45. The van der Waals surface area contributed by atoms with Crippen molar-refractivity contribution in [2.75, 3.05) is 13.1 Å². The summed E-state index contributed by atoms with van der Waals surface area (Å²) >= 11 is 0. The highest BCUT2D eigenvalue weighted by Gasteiger charge is 2.06. The lowest BCUT2D eigenvalue weighted by molar-refractivity contribution is 0.616. The van der Waals surface area contributed by atoms with Crippen LogP contribution in [0.5, 0.6) is 0 Å². The number of hydrogen-bond donors (Lipinski definition) is 1. The van der Waals surface area contributed by atoms with Gasteiger partial charge in [-0.25, -0.2) is 0 Å². The molecule has 52 valence electrons. The van der Waals surface area contributed by atoms with Crippen molar-refractivity contribution in [1.82, 2.24) is 5.32 Å². The molecule has 1 aliphatic rings. The van der Waals surface area contributed by atoms with Gasteiger partial charge in [0.1, 0.15) is 0 Å². The van der Waals surface area contributed by atoms with E-state index in [4.69, 9.17) is 0 Å². The van der Waals surface area contributed by atoms with E-state index >= 15 is 0 Å². The molecule has 1 rings (SSSR count). The average Bonchev–Trinajstić information content (AvgIpc) is 1.88. The van der Waals surface area contributed by atoms with Crippen molar-refractivity contribution in [2.24, 2.45) is 4.99 Å². The molecule has 0 amide bonds. The summed E-state index contributed by atoms with van der Waals surface area (Å²) in [6.45, 7) is 6.34. The van der Waals surface area contributed by atoms with E-state index in [1.807, 2.05) is 0 Å². The van der Waals surface area contributed by atoms with Gasteiger partial charge in [0.25, 0.3) is 0 Å². The Morgan fingerprint density at radius 2 is 2.56 bits per heavy atom. The first-order valence-corrected chi connectivity index (χ1v) is 3.59. The van der Waals surface area contributed by atoms with Crippen molar-refractivity contribution in [3.8, 4) is 0 Å². The molecule has 9 heavy (non-hydrogen) atoms. The lowest BCUT2D eigenvalue weighted by Gasteiger charge is -2.17. The molecule has 1 aliphatic heterocycles. The molecular formula is C7H14N2. The Labute approximate surface area is 56.4 Å². The van der Waals surface area contributed by atoms with E-state index < -0.39 is 0 Å². The van der Waals surface area contributed by atoms with Gasteiger partial charge in [-0.1, -0.05) is 6.92 Å². The molecule has 1 N–H and O–H groups in total. The van der Waals surface area contributed by atoms with Crippen LogP contribution in [-0.2, 0) is 0 Å². The fraction of sp³-hybridized carbons (Fsp3) is 0.857. The van der Waals surface area contributed by atoms with Crippen molar-refractivity contribution in [1.29, 1.82) is 0 Å². The van der Waals surface area contributed by atoms with Gasteiger partial charge in [0.05, 0.1) is 6.04 Å². The van der Waals surface area contributed by atoms with Gasteiger partial charge in [-0.15, -0.1) is 0 Å². The van der Waals surface area contributed by atoms with Crippen LogP contribution in [0.1, 0.15) is 20.3 Å². The lowest BCUT2D eigenvalue weighted by atomic mass is 10.2. The predicted molar refractivity (Wildman–Crippen MR) is 40.1 cm³/mol. The smallest absolute Gasteiger partial charge is 0.0595 e. The van der Waals surface area contributed by atoms with Gasteiger partial charge < -0.3 is 5.32 Å². The Hall–Kier alpha value is -0.370. The Kier molecular flexibility index (Phi) is 2.22. The summed E-state index contributed by atoms with van der Waals surface area (Å²) in [5, 5.41) is 3.30. The van der Waals surface area contributed by atoms with Crippen LogP contribution in [0.4, 0.5) is 0 Å². The van der Waals surface area contributed by atoms with Gasteiger partial charge in [-0.2, -0.15) is 0 Å². The number of rotatable bonds is 1. The van der Waals surface area contributed by atoms with Crippen LogP contribution in [-0.4, -0.2) is 24.8 Å². The summed E-state index contributed by atoms with van der Waals surface area (Å²) in [6.07, 6.45) is 1.09. The molecule has 0 aromatic carbocycles. The second-order valence-corrected chi connectivity index (χ2v) is 2.53.